The summed E-state index contributed by atoms with van der Waals surface area (Å²) in [6.45, 7) is 0. The van der Waals surface area contributed by atoms with Gasteiger partial charge in [-0.3, -0.25) is 4.79 Å². The molecule has 1 aliphatic rings. The van der Waals surface area contributed by atoms with Gasteiger partial charge < -0.3 is 0 Å². The van der Waals surface area contributed by atoms with Crippen LogP contribution in [0.15, 0.2) is 46.9 Å². The van der Waals surface area contributed by atoms with Crippen LogP contribution in [-0.2, 0) is 6.42 Å². The summed E-state index contributed by atoms with van der Waals surface area (Å²) in [4.78, 5) is 11.7. The Bertz CT molecular complexity index is 602. The number of ketones is 1. The number of carbonyl (C=O) groups is 1. The molecule has 0 aliphatic heterocycles. The normalized spacial score (nSPS) is 13.8. The second-order valence-corrected chi connectivity index (χ2v) is 5.18. The zero-order valence-corrected chi connectivity index (χ0v) is 10.8. The lowest BCUT2D eigenvalue weighted by Gasteiger charge is -2.08. The molecule has 0 bridgehead atoms. The van der Waals surface area contributed by atoms with Crippen molar-refractivity contribution in [2.45, 2.75) is 12.8 Å². The van der Waals surface area contributed by atoms with Gasteiger partial charge in [0.15, 0.2) is 5.78 Å². The highest BCUT2D eigenvalue weighted by molar-refractivity contribution is 9.10. The Kier molecular flexibility index (Phi) is 2.60. The van der Waals surface area contributed by atoms with Gasteiger partial charge in [0.1, 0.15) is 0 Å². The molecular formula is C15H11BrO. The summed E-state index contributed by atoms with van der Waals surface area (Å²) in [6, 6.07) is 14.2. The summed E-state index contributed by atoms with van der Waals surface area (Å²) in [5.41, 5.74) is 4.47. The summed E-state index contributed by atoms with van der Waals surface area (Å²) < 4.78 is 1.07. The monoisotopic (exact) mass is 286 g/mol. The third-order valence-corrected chi connectivity index (χ3v) is 3.71. The average molecular weight is 287 g/mol. The van der Waals surface area contributed by atoms with Crippen molar-refractivity contribution in [1.82, 2.24) is 0 Å². The molecule has 0 N–H and O–H groups in total. The maximum Gasteiger partial charge on any atom is 0.163 e. The Labute approximate surface area is 109 Å². The van der Waals surface area contributed by atoms with E-state index >= 15 is 0 Å². The predicted molar refractivity (Wildman–Crippen MR) is 72.2 cm³/mol. The summed E-state index contributed by atoms with van der Waals surface area (Å²) in [6.07, 6.45) is 1.53. The lowest BCUT2D eigenvalue weighted by atomic mass is 9.97. The fourth-order valence-electron chi connectivity index (χ4n) is 2.42. The molecule has 2 heteroatoms. The molecule has 84 valence electrons. The van der Waals surface area contributed by atoms with Gasteiger partial charge in [0, 0.05) is 16.5 Å². The summed E-state index contributed by atoms with van der Waals surface area (Å²) in [5, 5.41) is 0. The van der Waals surface area contributed by atoms with Gasteiger partial charge in [-0.2, -0.15) is 0 Å². The lowest BCUT2D eigenvalue weighted by molar-refractivity contribution is 0.0994. The Morgan fingerprint density at radius 2 is 1.71 bits per heavy atom. The number of benzene rings is 2. The first-order chi connectivity index (χ1) is 8.25. The van der Waals surface area contributed by atoms with Crippen molar-refractivity contribution >= 4 is 21.7 Å². The molecule has 0 aromatic heterocycles. The van der Waals surface area contributed by atoms with Crippen molar-refractivity contribution in [2.24, 2.45) is 0 Å². The molecular weight excluding hydrogens is 276 g/mol. The molecule has 0 heterocycles. The van der Waals surface area contributed by atoms with Gasteiger partial charge in [-0.15, -0.1) is 0 Å². The fourth-order valence-corrected chi connectivity index (χ4v) is 2.82. The first-order valence-corrected chi connectivity index (χ1v) is 6.46. The van der Waals surface area contributed by atoms with Crippen molar-refractivity contribution < 1.29 is 4.79 Å². The maximum absolute atomic E-state index is 11.7. The van der Waals surface area contributed by atoms with E-state index in [1.165, 1.54) is 16.7 Å². The van der Waals surface area contributed by atoms with Crippen molar-refractivity contribution in [3.8, 4) is 11.1 Å². The molecule has 1 aliphatic carbocycles. The molecule has 1 nitrogen and oxygen atoms in total. The van der Waals surface area contributed by atoms with Gasteiger partial charge in [-0.1, -0.05) is 46.3 Å². The minimum absolute atomic E-state index is 0.275. The minimum Gasteiger partial charge on any atom is -0.294 e. The number of halogens is 1. The fraction of sp³-hybridized carbons (Fsp3) is 0.133. The van der Waals surface area contributed by atoms with Crippen LogP contribution >= 0.6 is 15.9 Å². The lowest BCUT2D eigenvalue weighted by Crippen LogP contribution is -1.92. The van der Waals surface area contributed by atoms with Crippen LogP contribution in [0.5, 0.6) is 0 Å². The minimum atomic E-state index is 0.275. The zero-order valence-electron chi connectivity index (χ0n) is 9.24. The molecule has 0 atom stereocenters. The molecule has 0 spiro atoms. The van der Waals surface area contributed by atoms with Crippen molar-refractivity contribution in [2.75, 3.05) is 0 Å². The molecule has 3 rings (SSSR count). The number of rotatable bonds is 1. The molecule has 0 saturated carbocycles. The van der Waals surface area contributed by atoms with Crippen LogP contribution in [0.2, 0.25) is 0 Å². The highest BCUT2D eigenvalue weighted by Crippen LogP contribution is 2.33. The topological polar surface area (TPSA) is 17.1 Å². The SMILES string of the molecule is O=C1CCc2c1cccc2-c1cccc(Br)c1. The van der Waals surface area contributed by atoms with Crippen LogP contribution in [-0.4, -0.2) is 5.78 Å². The molecule has 2 aromatic carbocycles. The van der Waals surface area contributed by atoms with Crippen molar-refractivity contribution in [1.29, 1.82) is 0 Å². The van der Waals surface area contributed by atoms with Crippen LogP contribution in [0, 0.1) is 0 Å². The first-order valence-electron chi connectivity index (χ1n) is 5.67. The number of fused-ring (bicyclic) bond motifs is 1. The van der Waals surface area contributed by atoms with E-state index in [4.69, 9.17) is 0 Å². The number of hydrogen-bond donors (Lipinski definition) is 0. The van der Waals surface area contributed by atoms with E-state index < -0.39 is 0 Å². The van der Waals surface area contributed by atoms with E-state index in [1.807, 2.05) is 24.3 Å². The van der Waals surface area contributed by atoms with Gasteiger partial charge in [-0.05, 0) is 35.2 Å². The summed E-state index contributed by atoms with van der Waals surface area (Å²) in [7, 11) is 0. The van der Waals surface area contributed by atoms with E-state index in [1.54, 1.807) is 0 Å². The molecule has 0 fully saturated rings. The van der Waals surface area contributed by atoms with Gasteiger partial charge >= 0.3 is 0 Å². The molecule has 2 aromatic rings. The Hall–Kier alpha value is -1.41. The summed E-state index contributed by atoms with van der Waals surface area (Å²) in [5.74, 6) is 0.275. The van der Waals surface area contributed by atoms with Gasteiger partial charge in [0.25, 0.3) is 0 Å². The Morgan fingerprint density at radius 3 is 2.53 bits per heavy atom. The van der Waals surface area contributed by atoms with E-state index in [2.05, 4.69) is 34.1 Å². The van der Waals surface area contributed by atoms with Gasteiger partial charge in [0.2, 0.25) is 0 Å². The van der Waals surface area contributed by atoms with Crippen molar-refractivity contribution in [3.63, 3.8) is 0 Å². The quantitative estimate of drug-likeness (QED) is 0.766. The Balaban J connectivity index is 2.20. The highest BCUT2D eigenvalue weighted by Gasteiger charge is 2.22. The zero-order chi connectivity index (χ0) is 11.8. The van der Waals surface area contributed by atoms with Crippen molar-refractivity contribution in [3.05, 3.63) is 58.1 Å². The van der Waals surface area contributed by atoms with Crippen LogP contribution in [0.4, 0.5) is 0 Å². The van der Waals surface area contributed by atoms with Crippen LogP contribution < -0.4 is 0 Å². The largest absolute Gasteiger partial charge is 0.294 e. The van der Waals surface area contributed by atoms with E-state index in [-0.39, 0.29) is 5.78 Å². The number of hydrogen-bond acceptors (Lipinski definition) is 1. The first kappa shape index (κ1) is 10.7. The van der Waals surface area contributed by atoms with E-state index in [9.17, 15) is 4.79 Å². The highest BCUT2D eigenvalue weighted by atomic mass is 79.9. The third-order valence-electron chi connectivity index (χ3n) is 3.21. The summed E-state index contributed by atoms with van der Waals surface area (Å²) >= 11 is 3.48. The number of carbonyl (C=O) groups excluding carboxylic acids is 1. The van der Waals surface area contributed by atoms with Gasteiger partial charge in [0.05, 0.1) is 0 Å². The standard InChI is InChI=1S/C15H11BrO/c16-11-4-1-3-10(9-11)12-5-2-6-14-13(12)7-8-15(14)17/h1-6,9H,7-8H2. The molecule has 0 unspecified atom stereocenters. The Morgan fingerprint density at radius 1 is 0.941 bits per heavy atom. The van der Waals surface area contributed by atoms with E-state index in [0.717, 1.165) is 16.5 Å². The second kappa shape index (κ2) is 4.11. The molecule has 17 heavy (non-hydrogen) atoms. The smallest absolute Gasteiger partial charge is 0.163 e. The maximum atomic E-state index is 11.7. The molecule has 0 amide bonds. The van der Waals surface area contributed by atoms with Crippen LogP contribution in [0.25, 0.3) is 11.1 Å². The molecule has 0 saturated heterocycles. The third kappa shape index (κ3) is 1.83. The second-order valence-electron chi connectivity index (χ2n) is 4.27. The van der Waals surface area contributed by atoms with Crippen LogP contribution in [0.1, 0.15) is 22.3 Å². The van der Waals surface area contributed by atoms with Gasteiger partial charge in [-0.25, -0.2) is 0 Å². The average Bonchev–Trinajstić information content (AvgIpc) is 2.71. The number of Topliss-reactive ketones (excluding diaryl/α,β-unsaturated/α-hetero) is 1. The molecule has 0 radical (unpaired) electrons. The van der Waals surface area contributed by atoms with E-state index in [0.29, 0.717) is 6.42 Å². The van der Waals surface area contributed by atoms with Crippen LogP contribution in [0.3, 0.4) is 0 Å². The predicted octanol–water partition coefficient (Wildman–Crippen LogP) is 4.25.